The largest absolute Gasteiger partial charge is 0.416 e. The molecule has 176 valence electrons. The first-order chi connectivity index (χ1) is 15.7. The molecule has 3 rings (SSSR count). The van der Waals surface area contributed by atoms with Gasteiger partial charge in [-0.1, -0.05) is 29.4 Å². The zero-order valence-electron chi connectivity index (χ0n) is 18.6. The molecule has 7 nitrogen and oxygen atoms in total. The lowest BCUT2D eigenvalue weighted by Gasteiger charge is -2.20. The van der Waals surface area contributed by atoms with Gasteiger partial charge in [0.15, 0.2) is 0 Å². The number of ether oxygens (including phenoxy) is 1. The van der Waals surface area contributed by atoms with Crippen LogP contribution in [0.2, 0.25) is 0 Å². The zero-order valence-corrected chi connectivity index (χ0v) is 18.6. The fraction of sp³-hybridized carbons (Fsp3) is 0.348. The summed E-state index contributed by atoms with van der Waals surface area (Å²) in [6.07, 6.45) is -4.47. The molecule has 1 N–H and O–H groups in total. The summed E-state index contributed by atoms with van der Waals surface area (Å²) in [5.74, 6) is -0.00176. The number of amides is 1. The number of hydrogen-bond donors (Lipinski definition) is 1. The van der Waals surface area contributed by atoms with Crippen LogP contribution in [-0.4, -0.2) is 47.8 Å². The van der Waals surface area contributed by atoms with Crippen molar-refractivity contribution in [3.05, 3.63) is 65.0 Å². The highest BCUT2D eigenvalue weighted by Gasteiger charge is 2.30. The van der Waals surface area contributed by atoms with E-state index < -0.39 is 11.7 Å². The van der Waals surface area contributed by atoms with Crippen molar-refractivity contribution in [1.29, 1.82) is 0 Å². The molecule has 0 saturated heterocycles. The van der Waals surface area contributed by atoms with Gasteiger partial charge in [-0.25, -0.2) is 0 Å². The first-order valence-corrected chi connectivity index (χ1v) is 10.2. The van der Waals surface area contributed by atoms with Crippen molar-refractivity contribution in [2.75, 3.05) is 32.1 Å². The van der Waals surface area contributed by atoms with E-state index in [1.54, 1.807) is 12.0 Å². The van der Waals surface area contributed by atoms with E-state index in [2.05, 4.69) is 15.5 Å². The molecule has 3 aromatic rings. The molecular formula is C23H25F3N4O3. The van der Waals surface area contributed by atoms with E-state index in [-0.39, 0.29) is 36.3 Å². The Morgan fingerprint density at radius 1 is 1.18 bits per heavy atom. The van der Waals surface area contributed by atoms with Crippen molar-refractivity contribution >= 4 is 11.6 Å². The average Bonchev–Trinajstić information content (AvgIpc) is 3.23. The van der Waals surface area contributed by atoms with Gasteiger partial charge >= 0.3 is 6.18 Å². The van der Waals surface area contributed by atoms with Crippen molar-refractivity contribution in [1.82, 2.24) is 15.0 Å². The molecular weight excluding hydrogens is 437 g/mol. The fourth-order valence-electron chi connectivity index (χ4n) is 3.18. The second-order valence-corrected chi connectivity index (χ2v) is 7.59. The van der Waals surface area contributed by atoms with Gasteiger partial charge in [-0.2, -0.15) is 18.2 Å². The number of alkyl halides is 3. The number of aryl methyl sites for hydroxylation is 1. The smallest absolute Gasteiger partial charge is 0.383 e. The molecule has 0 unspecified atom stereocenters. The standard InChI is InChI=1S/C23H25F3N4O3/c1-15-6-4-9-19(16(15)2)27-20(31)13-30(10-11-32-3)14-21-28-22(29-33-21)17-7-5-8-18(12-17)23(24,25)26/h4-9,12H,10-11,13-14H2,1-3H3,(H,27,31). The molecule has 33 heavy (non-hydrogen) atoms. The number of nitrogens with one attached hydrogen (secondary N) is 1. The number of anilines is 1. The van der Waals surface area contributed by atoms with Gasteiger partial charge in [0.1, 0.15) is 0 Å². The van der Waals surface area contributed by atoms with E-state index in [0.29, 0.717) is 13.2 Å². The third-order valence-electron chi connectivity index (χ3n) is 5.13. The Hall–Kier alpha value is -3.24. The van der Waals surface area contributed by atoms with Crippen LogP contribution in [0.1, 0.15) is 22.6 Å². The van der Waals surface area contributed by atoms with E-state index in [1.807, 2.05) is 32.0 Å². The SMILES string of the molecule is COCCN(CC(=O)Nc1cccc(C)c1C)Cc1nc(-c2cccc(C(F)(F)F)c2)no1. The van der Waals surface area contributed by atoms with Crippen LogP contribution in [0.25, 0.3) is 11.4 Å². The van der Waals surface area contributed by atoms with Gasteiger partial charge in [0.05, 0.1) is 25.3 Å². The Kier molecular flexibility index (Phi) is 7.83. The number of methoxy groups -OCH3 is 1. The Morgan fingerprint density at radius 3 is 2.67 bits per heavy atom. The summed E-state index contributed by atoms with van der Waals surface area (Å²) in [7, 11) is 1.55. The van der Waals surface area contributed by atoms with Crippen LogP contribution in [0.3, 0.4) is 0 Å². The van der Waals surface area contributed by atoms with Crippen molar-refractivity contribution in [2.45, 2.75) is 26.6 Å². The highest BCUT2D eigenvalue weighted by Crippen LogP contribution is 2.31. The van der Waals surface area contributed by atoms with Gasteiger partial charge in [0, 0.05) is 24.9 Å². The number of halogens is 3. The topological polar surface area (TPSA) is 80.5 Å². The molecule has 1 aromatic heterocycles. The van der Waals surface area contributed by atoms with E-state index in [1.165, 1.54) is 12.1 Å². The summed E-state index contributed by atoms with van der Waals surface area (Å²) >= 11 is 0. The predicted molar refractivity (Wildman–Crippen MR) is 116 cm³/mol. The quantitative estimate of drug-likeness (QED) is 0.506. The lowest BCUT2D eigenvalue weighted by Crippen LogP contribution is -2.35. The Balaban J connectivity index is 1.70. The number of rotatable bonds is 9. The molecule has 0 fully saturated rings. The van der Waals surface area contributed by atoms with Crippen LogP contribution in [0.5, 0.6) is 0 Å². The number of carbonyl (C=O) groups is 1. The molecule has 1 amide bonds. The minimum absolute atomic E-state index is 0.0397. The second-order valence-electron chi connectivity index (χ2n) is 7.59. The van der Waals surface area contributed by atoms with Crippen molar-refractivity contribution in [3.63, 3.8) is 0 Å². The van der Waals surface area contributed by atoms with Crippen LogP contribution in [-0.2, 0) is 22.3 Å². The highest BCUT2D eigenvalue weighted by molar-refractivity contribution is 5.93. The van der Waals surface area contributed by atoms with Gasteiger partial charge < -0.3 is 14.6 Å². The van der Waals surface area contributed by atoms with E-state index in [0.717, 1.165) is 28.9 Å². The van der Waals surface area contributed by atoms with Crippen molar-refractivity contribution < 1.29 is 27.2 Å². The van der Waals surface area contributed by atoms with Crippen LogP contribution in [0, 0.1) is 13.8 Å². The van der Waals surface area contributed by atoms with Gasteiger partial charge in [-0.05, 0) is 43.2 Å². The molecule has 0 aliphatic heterocycles. The number of hydrogen-bond acceptors (Lipinski definition) is 6. The summed E-state index contributed by atoms with van der Waals surface area (Å²) in [5.41, 5.74) is 2.18. The van der Waals surface area contributed by atoms with Gasteiger partial charge in [0.2, 0.25) is 17.6 Å². The molecule has 0 atom stereocenters. The molecule has 10 heteroatoms. The van der Waals surface area contributed by atoms with Crippen LogP contribution < -0.4 is 5.32 Å². The minimum Gasteiger partial charge on any atom is -0.383 e. The first-order valence-electron chi connectivity index (χ1n) is 10.2. The molecule has 0 aliphatic rings. The summed E-state index contributed by atoms with van der Waals surface area (Å²) in [6.45, 7) is 4.85. The van der Waals surface area contributed by atoms with E-state index in [9.17, 15) is 18.0 Å². The lowest BCUT2D eigenvalue weighted by atomic mass is 10.1. The molecule has 0 radical (unpaired) electrons. The molecule has 0 spiro atoms. The monoisotopic (exact) mass is 462 g/mol. The Labute approximate surface area is 189 Å². The van der Waals surface area contributed by atoms with Crippen LogP contribution in [0.15, 0.2) is 47.0 Å². The zero-order chi connectivity index (χ0) is 24.0. The normalized spacial score (nSPS) is 11.7. The molecule has 0 aliphatic carbocycles. The summed E-state index contributed by atoms with van der Waals surface area (Å²) in [4.78, 5) is 18.6. The van der Waals surface area contributed by atoms with Crippen molar-refractivity contribution in [2.24, 2.45) is 0 Å². The summed E-state index contributed by atoms with van der Waals surface area (Å²) in [5, 5.41) is 6.70. The maximum Gasteiger partial charge on any atom is 0.416 e. The molecule has 0 bridgehead atoms. The maximum absolute atomic E-state index is 13.0. The summed E-state index contributed by atoms with van der Waals surface area (Å²) < 4.78 is 49.3. The Morgan fingerprint density at radius 2 is 1.94 bits per heavy atom. The third kappa shape index (κ3) is 6.62. The van der Waals surface area contributed by atoms with Crippen molar-refractivity contribution in [3.8, 4) is 11.4 Å². The third-order valence-corrected chi connectivity index (χ3v) is 5.13. The number of carbonyl (C=O) groups excluding carboxylic acids is 1. The molecule has 0 saturated carbocycles. The summed E-state index contributed by atoms with van der Waals surface area (Å²) in [6, 6.07) is 10.4. The molecule has 2 aromatic carbocycles. The average molecular weight is 462 g/mol. The van der Waals surface area contributed by atoms with Gasteiger partial charge in [0.25, 0.3) is 0 Å². The second kappa shape index (κ2) is 10.6. The fourth-order valence-corrected chi connectivity index (χ4v) is 3.18. The Bertz CT molecular complexity index is 1100. The number of nitrogens with zero attached hydrogens (tertiary/aromatic N) is 3. The number of benzene rings is 2. The minimum atomic E-state index is -4.47. The lowest BCUT2D eigenvalue weighted by molar-refractivity contribution is -0.137. The number of aromatic nitrogens is 2. The van der Waals surface area contributed by atoms with Crippen LogP contribution >= 0.6 is 0 Å². The van der Waals surface area contributed by atoms with E-state index >= 15 is 0 Å². The molecule has 1 heterocycles. The maximum atomic E-state index is 13.0. The first kappa shape index (κ1) is 24.4. The van der Waals surface area contributed by atoms with E-state index in [4.69, 9.17) is 9.26 Å². The predicted octanol–water partition coefficient (Wildman–Crippen LogP) is 4.46. The highest BCUT2D eigenvalue weighted by atomic mass is 19.4. The van der Waals surface area contributed by atoms with Gasteiger partial charge in [-0.3, -0.25) is 9.69 Å². The van der Waals surface area contributed by atoms with Crippen LogP contribution in [0.4, 0.5) is 18.9 Å². The van der Waals surface area contributed by atoms with Gasteiger partial charge in [-0.15, -0.1) is 0 Å².